The first kappa shape index (κ1) is 23.8. The molecule has 2 N–H and O–H groups in total. The van der Waals surface area contributed by atoms with E-state index in [1.165, 1.54) is 17.8 Å². The molecule has 5 rings (SSSR count). The average Bonchev–Trinajstić information content (AvgIpc) is 3.57. The molecular weight excluding hydrogens is 486 g/mol. The number of nitrogens with one attached hydrogen (secondary N) is 2. The molecule has 2 saturated heterocycles. The number of rotatable bonds is 6. The summed E-state index contributed by atoms with van der Waals surface area (Å²) in [4.78, 5) is 17.3. The van der Waals surface area contributed by atoms with Crippen LogP contribution in [0.1, 0.15) is 40.3 Å². The molecule has 35 heavy (non-hydrogen) atoms. The lowest BCUT2D eigenvalue weighted by molar-refractivity contribution is 0.0951. The van der Waals surface area contributed by atoms with Crippen molar-refractivity contribution in [3.63, 3.8) is 0 Å². The number of amides is 1. The van der Waals surface area contributed by atoms with E-state index in [9.17, 15) is 4.79 Å². The Balaban J connectivity index is 1.36. The molecule has 2 fully saturated rings. The van der Waals surface area contributed by atoms with Crippen molar-refractivity contribution in [1.29, 1.82) is 5.41 Å². The molecule has 8 nitrogen and oxygen atoms in total. The number of anilines is 1. The molecular formula is C25H28ClN5O3S. The molecule has 1 aromatic carbocycles. The number of halogens is 1. The molecule has 3 aromatic rings. The third-order valence-corrected chi connectivity index (χ3v) is 7.58. The molecule has 2 aromatic heterocycles. The summed E-state index contributed by atoms with van der Waals surface area (Å²) in [6, 6.07) is 11.4. The fourth-order valence-electron chi connectivity index (χ4n) is 4.48. The second kappa shape index (κ2) is 10.8. The first-order valence-electron chi connectivity index (χ1n) is 11.9. The molecule has 0 aliphatic carbocycles. The summed E-state index contributed by atoms with van der Waals surface area (Å²) in [5.41, 5.74) is 3.56. The number of morpholine rings is 1. The van der Waals surface area contributed by atoms with Gasteiger partial charge in [-0.05, 0) is 43.5 Å². The van der Waals surface area contributed by atoms with Gasteiger partial charge in [0.1, 0.15) is 11.5 Å². The third kappa shape index (κ3) is 5.52. The lowest BCUT2D eigenvalue weighted by Crippen LogP contribution is -2.37. The Morgan fingerprint density at radius 1 is 1.09 bits per heavy atom. The first-order valence-corrected chi connectivity index (χ1v) is 13.1. The number of thiophene rings is 1. The molecule has 2 aliphatic rings. The van der Waals surface area contributed by atoms with Crippen LogP contribution >= 0.6 is 22.9 Å². The van der Waals surface area contributed by atoms with E-state index in [-0.39, 0.29) is 12.5 Å². The van der Waals surface area contributed by atoms with Gasteiger partial charge in [-0.25, -0.2) is 0 Å². The minimum Gasteiger partial charge on any atom is -0.378 e. The van der Waals surface area contributed by atoms with Gasteiger partial charge in [0.2, 0.25) is 0 Å². The maximum absolute atomic E-state index is 12.3. The quantitative estimate of drug-likeness (QED) is 0.368. The highest BCUT2D eigenvalue weighted by Crippen LogP contribution is 2.33. The zero-order valence-corrected chi connectivity index (χ0v) is 21.0. The monoisotopic (exact) mass is 513 g/mol. The van der Waals surface area contributed by atoms with Crippen LogP contribution in [0.3, 0.4) is 0 Å². The van der Waals surface area contributed by atoms with Gasteiger partial charge in [-0.2, -0.15) is 0 Å². The number of carbonyl (C=O) groups is 1. The fourth-order valence-corrected chi connectivity index (χ4v) is 5.44. The summed E-state index contributed by atoms with van der Waals surface area (Å²) in [6.45, 7) is 4.97. The Labute approximate surface area is 213 Å². The number of piperidine rings is 1. The van der Waals surface area contributed by atoms with Crippen molar-refractivity contribution in [3.05, 3.63) is 56.9 Å². The van der Waals surface area contributed by atoms with Crippen molar-refractivity contribution < 1.29 is 14.1 Å². The molecule has 0 spiro atoms. The van der Waals surface area contributed by atoms with Crippen LogP contribution < -0.4 is 10.2 Å². The molecule has 4 heterocycles. The Kier molecular flexibility index (Phi) is 7.36. The molecule has 0 bridgehead atoms. The lowest BCUT2D eigenvalue weighted by atomic mass is 10.0. The minimum absolute atomic E-state index is 0.200. The molecule has 2 aliphatic heterocycles. The van der Waals surface area contributed by atoms with Crippen molar-refractivity contribution in [3.8, 4) is 11.3 Å². The summed E-state index contributed by atoms with van der Waals surface area (Å²) in [6.07, 6.45) is 3.50. The first-order chi connectivity index (χ1) is 17.1. The number of hydrogen-bond acceptors (Lipinski definition) is 7. The second-order valence-electron chi connectivity index (χ2n) is 8.69. The van der Waals surface area contributed by atoms with Crippen LogP contribution in [0, 0.1) is 5.41 Å². The van der Waals surface area contributed by atoms with Gasteiger partial charge in [0.15, 0.2) is 5.76 Å². The van der Waals surface area contributed by atoms with E-state index in [4.69, 9.17) is 26.3 Å². The Hall–Kier alpha value is -2.88. The molecule has 1 amide bonds. The highest BCUT2D eigenvalue weighted by molar-refractivity contribution is 7.18. The summed E-state index contributed by atoms with van der Waals surface area (Å²) in [7, 11) is 0. The minimum atomic E-state index is -0.200. The highest BCUT2D eigenvalue weighted by atomic mass is 35.5. The van der Waals surface area contributed by atoms with E-state index in [0.29, 0.717) is 39.7 Å². The van der Waals surface area contributed by atoms with Gasteiger partial charge in [-0.3, -0.25) is 10.2 Å². The van der Waals surface area contributed by atoms with Gasteiger partial charge in [0.25, 0.3) is 5.91 Å². The topological polar surface area (TPSA) is 94.7 Å². The fraction of sp³-hybridized carbons (Fsp3) is 0.400. The van der Waals surface area contributed by atoms with E-state index >= 15 is 0 Å². The summed E-state index contributed by atoms with van der Waals surface area (Å²) < 4.78 is 11.7. The molecule has 184 valence electrons. The van der Waals surface area contributed by atoms with Crippen LogP contribution in [-0.2, 0) is 11.3 Å². The standard InChI is InChI=1S/C25H28ClN5O3S/c26-23-7-6-22(35-23)25(32)28-16-18-15-20(29-34-18)19-5-4-17(24(27)31-8-2-1-3-9-31)14-21(19)30-10-12-33-13-11-30/h4-7,14-15,27H,1-3,8-13,16H2,(H,28,32). The summed E-state index contributed by atoms with van der Waals surface area (Å²) >= 11 is 7.16. The van der Waals surface area contributed by atoms with Crippen LogP contribution in [0.2, 0.25) is 4.34 Å². The van der Waals surface area contributed by atoms with Crippen LogP contribution in [-0.4, -0.2) is 61.2 Å². The lowest BCUT2D eigenvalue weighted by Gasteiger charge is -2.32. The molecule has 10 heteroatoms. The van der Waals surface area contributed by atoms with E-state index in [0.717, 1.165) is 55.8 Å². The SMILES string of the molecule is N=C(c1ccc(-c2cc(CNC(=O)c3ccc(Cl)s3)on2)c(N2CCOCC2)c1)N1CCCCC1. The van der Waals surface area contributed by atoms with Gasteiger partial charge < -0.3 is 24.4 Å². The Bertz CT molecular complexity index is 1200. The summed E-state index contributed by atoms with van der Waals surface area (Å²) in [5.74, 6) is 0.937. The molecule has 0 radical (unpaired) electrons. The van der Waals surface area contributed by atoms with Crippen LogP contribution in [0.5, 0.6) is 0 Å². The zero-order chi connectivity index (χ0) is 24.2. The Morgan fingerprint density at radius 2 is 1.89 bits per heavy atom. The number of likely N-dealkylation sites (tertiary alicyclic amines) is 1. The largest absolute Gasteiger partial charge is 0.378 e. The highest BCUT2D eigenvalue weighted by Gasteiger charge is 2.22. The second-order valence-corrected chi connectivity index (χ2v) is 10.4. The third-order valence-electron chi connectivity index (χ3n) is 6.35. The average molecular weight is 514 g/mol. The maximum Gasteiger partial charge on any atom is 0.261 e. The number of aromatic nitrogens is 1. The zero-order valence-electron chi connectivity index (χ0n) is 19.4. The smallest absolute Gasteiger partial charge is 0.261 e. The predicted molar refractivity (Wildman–Crippen MR) is 138 cm³/mol. The number of carbonyl (C=O) groups excluding carboxylic acids is 1. The normalized spacial score (nSPS) is 16.4. The number of amidine groups is 1. The maximum atomic E-state index is 12.3. The van der Waals surface area contributed by atoms with E-state index < -0.39 is 0 Å². The van der Waals surface area contributed by atoms with Gasteiger partial charge in [0.05, 0.1) is 29.0 Å². The molecule has 0 saturated carbocycles. The van der Waals surface area contributed by atoms with Gasteiger partial charge in [0, 0.05) is 49.1 Å². The number of benzene rings is 1. The number of nitrogens with zero attached hydrogens (tertiary/aromatic N) is 3. The predicted octanol–water partition coefficient (Wildman–Crippen LogP) is 4.63. The van der Waals surface area contributed by atoms with E-state index in [1.54, 1.807) is 12.1 Å². The molecule has 0 unspecified atom stereocenters. The van der Waals surface area contributed by atoms with E-state index in [1.807, 2.05) is 18.2 Å². The van der Waals surface area contributed by atoms with Crippen molar-refractivity contribution in [2.24, 2.45) is 0 Å². The van der Waals surface area contributed by atoms with Gasteiger partial charge in [-0.15, -0.1) is 11.3 Å². The van der Waals surface area contributed by atoms with Crippen molar-refractivity contribution >= 4 is 40.4 Å². The number of hydrogen-bond donors (Lipinski definition) is 2. The van der Waals surface area contributed by atoms with Crippen LogP contribution in [0.25, 0.3) is 11.3 Å². The van der Waals surface area contributed by atoms with E-state index in [2.05, 4.69) is 26.3 Å². The van der Waals surface area contributed by atoms with Crippen molar-refractivity contribution in [1.82, 2.24) is 15.4 Å². The van der Waals surface area contributed by atoms with Crippen molar-refractivity contribution in [2.75, 3.05) is 44.3 Å². The van der Waals surface area contributed by atoms with Crippen LogP contribution in [0.15, 0.2) is 40.9 Å². The van der Waals surface area contributed by atoms with Crippen molar-refractivity contribution in [2.45, 2.75) is 25.8 Å². The van der Waals surface area contributed by atoms with Crippen LogP contribution in [0.4, 0.5) is 5.69 Å². The Morgan fingerprint density at radius 3 is 2.63 bits per heavy atom. The summed E-state index contributed by atoms with van der Waals surface area (Å²) in [5, 5.41) is 15.9. The van der Waals surface area contributed by atoms with Gasteiger partial charge in [-0.1, -0.05) is 22.8 Å². The molecule has 0 atom stereocenters. The number of ether oxygens (including phenoxy) is 1. The van der Waals surface area contributed by atoms with Gasteiger partial charge >= 0.3 is 0 Å².